The Balaban J connectivity index is 2.79. The molecule has 1 rings (SSSR count). The maximum absolute atomic E-state index is 12.1. The summed E-state index contributed by atoms with van der Waals surface area (Å²) in [6, 6.07) is 7.24. The zero-order valence-electron chi connectivity index (χ0n) is 12.0. The first kappa shape index (κ1) is 17.9. The Hall–Kier alpha value is -2.15. The highest BCUT2D eigenvalue weighted by Crippen LogP contribution is 2.18. The van der Waals surface area contributed by atoms with E-state index >= 15 is 0 Å². The number of rotatable bonds is 7. The maximum Gasteiger partial charge on any atom is 0.323 e. The summed E-state index contributed by atoms with van der Waals surface area (Å²) in [5.74, 6) is -2.07. The molecule has 0 saturated carbocycles. The second-order valence-electron chi connectivity index (χ2n) is 4.36. The SMILES string of the molecule is COC(=O)CC=CC(=O)N(CC(=O)O)Cc1ccccc1Br. The molecule has 6 nitrogen and oxygen atoms in total. The van der Waals surface area contributed by atoms with E-state index in [0.717, 1.165) is 10.0 Å². The monoisotopic (exact) mass is 369 g/mol. The Morgan fingerprint density at radius 1 is 1.32 bits per heavy atom. The van der Waals surface area contributed by atoms with E-state index in [0.29, 0.717) is 0 Å². The quantitative estimate of drug-likeness (QED) is 0.586. The van der Waals surface area contributed by atoms with Gasteiger partial charge in [-0.3, -0.25) is 14.4 Å². The Morgan fingerprint density at radius 2 is 2.00 bits per heavy atom. The van der Waals surface area contributed by atoms with E-state index in [4.69, 9.17) is 5.11 Å². The number of esters is 1. The molecule has 7 heteroatoms. The van der Waals surface area contributed by atoms with Crippen LogP contribution in [0.5, 0.6) is 0 Å². The van der Waals surface area contributed by atoms with Gasteiger partial charge < -0.3 is 14.7 Å². The summed E-state index contributed by atoms with van der Waals surface area (Å²) in [6.45, 7) is -0.280. The van der Waals surface area contributed by atoms with Crippen LogP contribution in [0, 0.1) is 0 Å². The fraction of sp³-hybridized carbons (Fsp3) is 0.267. The highest BCUT2D eigenvalue weighted by Gasteiger charge is 2.16. The Labute approximate surface area is 136 Å². The van der Waals surface area contributed by atoms with Crippen LogP contribution in [0.3, 0.4) is 0 Å². The maximum atomic E-state index is 12.1. The van der Waals surface area contributed by atoms with E-state index in [9.17, 15) is 14.4 Å². The van der Waals surface area contributed by atoms with Crippen molar-refractivity contribution in [3.05, 3.63) is 46.5 Å². The van der Waals surface area contributed by atoms with Gasteiger partial charge in [0, 0.05) is 11.0 Å². The highest BCUT2D eigenvalue weighted by atomic mass is 79.9. The first-order chi connectivity index (χ1) is 10.4. The van der Waals surface area contributed by atoms with Gasteiger partial charge in [0.05, 0.1) is 13.5 Å². The number of hydrogen-bond donors (Lipinski definition) is 1. The largest absolute Gasteiger partial charge is 0.480 e. The fourth-order valence-electron chi connectivity index (χ4n) is 1.65. The summed E-state index contributed by atoms with van der Waals surface area (Å²) in [7, 11) is 1.25. The number of benzene rings is 1. The van der Waals surface area contributed by atoms with Gasteiger partial charge in [-0.2, -0.15) is 0 Å². The summed E-state index contributed by atoms with van der Waals surface area (Å²) in [5, 5.41) is 8.93. The molecule has 118 valence electrons. The number of carbonyl (C=O) groups excluding carboxylic acids is 2. The molecule has 0 unspecified atom stereocenters. The van der Waals surface area contributed by atoms with Crippen molar-refractivity contribution in [3.63, 3.8) is 0 Å². The average Bonchev–Trinajstić information content (AvgIpc) is 2.48. The van der Waals surface area contributed by atoms with Crippen LogP contribution in [0.25, 0.3) is 0 Å². The minimum atomic E-state index is -1.11. The summed E-state index contributed by atoms with van der Waals surface area (Å²) in [5.41, 5.74) is 0.790. The van der Waals surface area contributed by atoms with Crippen molar-refractivity contribution in [2.45, 2.75) is 13.0 Å². The third kappa shape index (κ3) is 6.09. The smallest absolute Gasteiger partial charge is 0.323 e. The average molecular weight is 370 g/mol. The van der Waals surface area contributed by atoms with Crippen LogP contribution >= 0.6 is 15.9 Å². The van der Waals surface area contributed by atoms with Crippen molar-refractivity contribution in [2.75, 3.05) is 13.7 Å². The normalized spacial score (nSPS) is 10.5. The predicted octanol–water partition coefficient (Wildman–Crippen LogP) is 1.98. The molecule has 1 amide bonds. The molecule has 0 spiro atoms. The van der Waals surface area contributed by atoms with E-state index in [2.05, 4.69) is 20.7 Å². The summed E-state index contributed by atoms with van der Waals surface area (Å²) < 4.78 is 5.24. The molecule has 0 aliphatic rings. The van der Waals surface area contributed by atoms with Crippen molar-refractivity contribution < 1.29 is 24.2 Å². The molecule has 1 aromatic rings. The summed E-state index contributed by atoms with van der Waals surface area (Å²) in [4.78, 5) is 35.1. The molecule has 0 heterocycles. The van der Waals surface area contributed by atoms with Gasteiger partial charge >= 0.3 is 11.9 Å². The van der Waals surface area contributed by atoms with Crippen LogP contribution in [0.2, 0.25) is 0 Å². The number of carbonyl (C=O) groups is 3. The third-order valence-corrected chi connectivity index (χ3v) is 3.50. The molecule has 0 aliphatic heterocycles. The van der Waals surface area contributed by atoms with E-state index in [-0.39, 0.29) is 13.0 Å². The van der Waals surface area contributed by atoms with Gasteiger partial charge in [0.25, 0.3) is 0 Å². The van der Waals surface area contributed by atoms with Gasteiger partial charge in [-0.15, -0.1) is 0 Å². The van der Waals surface area contributed by atoms with Gasteiger partial charge in [-0.05, 0) is 17.7 Å². The lowest BCUT2D eigenvalue weighted by molar-refractivity contribution is -0.143. The number of amides is 1. The fourth-order valence-corrected chi connectivity index (χ4v) is 2.06. The van der Waals surface area contributed by atoms with E-state index in [1.54, 1.807) is 12.1 Å². The van der Waals surface area contributed by atoms with E-state index in [1.807, 2.05) is 12.1 Å². The van der Waals surface area contributed by atoms with Gasteiger partial charge in [0.15, 0.2) is 0 Å². The standard InChI is InChI=1S/C15H16BrNO5/c1-22-15(21)8-4-7-13(18)17(10-14(19)20)9-11-5-2-3-6-12(11)16/h2-7H,8-10H2,1H3,(H,19,20). The molecular formula is C15H16BrNO5. The van der Waals surface area contributed by atoms with Gasteiger partial charge in [-0.1, -0.05) is 40.2 Å². The number of ether oxygens (including phenoxy) is 1. The van der Waals surface area contributed by atoms with Gasteiger partial charge in [-0.25, -0.2) is 0 Å². The van der Waals surface area contributed by atoms with Crippen molar-refractivity contribution in [2.24, 2.45) is 0 Å². The van der Waals surface area contributed by atoms with E-state index < -0.39 is 24.4 Å². The van der Waals surface area contributed by atoms with Gasteiger partial charge in [0.1, 0.15) is 6.54 Å². The van der Waals surface area contributed by atoms with Crippen LogP contribution in [-0.2, 0) is 25.7 Å². The molecule has 1 aromatic carbocycles. The van der Waals surface area contributed by atoms with Gasteiger partial charge in [0.2, 0.25) is 5.91 Å². The molecule has 0 bridgehead atoms. The number of carboxylic acids is 1. The Kier molecular flexibility index (Phi) is 7.31. The van der Waals surface area contributed by atoms with Crippen molar-refractivity contribution in [1.29, 1.82) is 0 Å². The summed E-state index contributed by atoms with van der Waals surface area (Å²) >= 11 is 3.36. The number of nitrogens with zero attached hydrogens (tertiary/aromatic N) is 1. The second-order valence-corrected chi connectivity index (χ2v) is 5.22. The number of carboxylic acid groups (broad SMARTS) is 1. The minimum absolute atomic E-state index is 0.0435. The molecule has 0 atom stereocenters. The molecule has 0 saturated heterocycles. The first-order valence-electron chi connectivity index (χ1n) is 6.41. The molecule has 0 radical (unpaired) electrons. The Bertz CT molecular complexity index is 585. The lowest BCUT2D eigenvalue weighted by Gasteiger charge is -2.19. The minimum Gasteiger partial charge on any atom is -0.480 e. The molecule has 0 fully saturated rings. The van der Waals surface area contributed by atoms with Crippen LogP contribution in [0.15, 0.2) is 40.9 Å². The zero-order valence-corrected chi connectivity index (χ0v) is 13.6. The Morgan fingerprint density at radius 3 is 2.59 bits per heavy atom. The van der Waals surface area contributed by atoms with Crippen molar-refractivity contribution >= 4 is 33.8 Å². The van der Waals surface area contributed by atoms with Crippen LogP contribution < -0.4 is 0 Å². The number of halogens is 1. The van der Waals surface area contributed by atoms with Crippen molar-refractivity contribution in [1.82, 2.24) is 4.90 Å². The molecule has 1 N–H and O–H groups in total. The third-order valence-electron chi connectivity index (χ3n) is 2.73. The topological polar surface area (TPSA) is 83.9 Å². The molecular weight excluding hydrogens is 354 g/mol. The number of methoxy groups -OCH3 is 1. The first-order valence-corrected chi connectivity index (χ1v) is 7.20. The van der Waals surface area contributed by atoms with Crippen LogP contribution in [-0.4, -0.2) is 41.5 Å². The van der Waals surface area contributed by atoms with Crippen LogP contribution in [0.1, 0.15) is 12.0 Å². The lowest BCUT2D eigenvalue weighted by atomic mass is 10.2. The summed E-state index contributed by atoms with van der Waals surface area (Å²) in [6.07, 6.45) is 2.48. The highest BCUT2D eigenvalue weighted by molar-refractivity contribution is 9.10. The van der Waals surface area contributed by atoms with Crippen molar-refractivity contribution in [3.8, 4) is 0 Å². The molecule has 0 aliphatic carbocycles. The van der Waals surface area contributed by atoms with E-state index in [1.165, 1.54) is 24.2 Å². The number of aliphatic carboxylic acids is 1. The lowest BCUT2D eigenvalue weighted by Crippen LogP contribution is -2.34. The molecule has 22 heavy (non-hydrogen) atoms. The van der Waals surface area contributed by atoms with Crippen LogP contribution in [0.4, 0.5) is 0 Å². The predicted molar refractivity (Wildman–Crippen MR) is 83.0 cm³/mol. The number of hydrogen-bond acceptors (Lipinski definition) is 4. The molecule has 0 aromatic heterocycles. The second kappa shape index (κ2) is 8.99. The zero-order chi connectivity index (χ0) is 16.5.